The molecule has 1 aromatic heterocycles. The monoisotopic (exact) mass is 351 g/mol. The van der Waals surface area contributed by atoms with E-state index in [-0.39, 0.29) is 5.56 Å². The molecule has 0 bridgehead atoms. The topological polar surface area (TPSA) is 38.1 Å². The summed E-state index contributed by atoms with van der Waals surface area (Å²) in [6.45, 7) is 2.42. The summed E-state index contributed by atoms with van der Waals surface area (Å²) in [5.74, 6) is 0. The number of alkyl halides is 3. The third-order valence-corrected chi connectivity index (χ3v) is 4.54. The number of hydrogen-bond donors (Lipinski definition) is 0. The highest BCUT2D eigenvalue weighted by Gasteiger charge is 2.29. The highest BCUT2D eigenvalue weighted by molar-refractivity contribution is 5.25. The SMILES string of the molecule is Cn1nc2c(cc1=O)CN(CCCc1ccc(C(F)(F)F)cc1)CC2. The van der Waals surface area contributed by atoms with Gasteiger partial charge >= 0.3 is 6.18 Å². The number of aromatic nitrogens is 2. The van der Waals surface area contributed by atoms with Crippen LogP contribution < -0.4 is 5.56 Å². The molecule has 4 nitrogen and oxygen atoms in total. The Labute approximate surface area is 143 Å². The smallest absolute Gasteiger partial charge is 0.299 e. The van der Waals surface area contributed by atoms with Gasteiger partial charge in [-0.15, -0.1) is 0 Å². The molecule has 0 aliphatic carbocycles. The molecule has 0 saturated heterocycles. The fraction of sp³-hybridized carbons (Fsp3) is 0.444. The lowest BCUT2D eigenvalue weighted by atomic mass is 10.0. The van der Waals surface area contributed by atoms with Crippen LogP contribution in [0.1, 0.15) is 28.8 Å². The highest BCUT2D eigenvalue weighted by atomic mass is 19.4. The Morgan fingerprint density at radius 2 is 1.92 bits per heavy atom. The number of halogens is 3. The Kier molecular flexibility index (Phi) is 4.94. The van der Waals surface area contributed by atoms with Crippen molar-refractivity contribution in [3.63, 3.8) is 0 Å². The Hall–Kier alpha value is -2.15. The minimum absolute atomic E-state index is 0.106. The molecule has 0 unspecified atom stereocenters. The third-order valence-electron chi connectivity index (χ3n) is 4.54. The molecule has 25 heavy (non-hydrogen) atoms. The Morgan fingerprint density at radius 3 is 2.60 bits per heavy atom. The first kappa shape index (κ1) is 17.7. The van der Waals surface area contributed by atoms with Gasteiger partial charge in [-0.2, -0.15) is 18.3 Å². The molecule has 0 N–H and O–H groups in total. The normalized spacial score (nSPS) is 15.2. The van der Waals surface area contributed by atoms with Crippen LogP contribution in [0.3, 0.4) is 0 Å². The summed E-state index contributed by atoms with van der Waals surface area (Å²) in [7, 11) is 1.65. The number of fused-ring (bicyclic) bond motifs is 1. The first-order valence-corrected chi connectivity index (χ1v) is 8.27. The van der Waals surface area contributed by atoms with Crippen molar-refractivity contribution in [3.05, 3.63) is 63.1 Å². The van der Waals surface area contributed by atoms with Crippen LogP contribution >= 0.6 is 0 Å². The summed E-state index contributed by atoms with van der Waals surface area (Å²) in [4.78, 5) is 14.0. The van der Waals surface area contributed by atoms with Gasteiger partial charge in [-0.05, 0) is 42.6 Å². The van der Waals surface area contributed by atoms with Gasteiger partial charge < -0.3 is 0 Å². The Bertz CT molecular complexity index is 797. The van der Waals surface area contributed by atoms with Crippen LogP contribution in [0.4, 0.5) is 13.2 Å². The van der Waals surface area contributed by atoms with E-state index in [2.05, 4.69) is 10.00 Å². The summed E-state index contributed by atoms with van der Waals surface area (Å²) in [5, 5.41) is 4.29. The number of aryl methyl sites for hydroxylation is 2. The second-order valence-electron chi connectivity index (χ2n) is 6.40. The molecule has 1 aliphatic heterocycles. The van der Waals surface area contributed by atoms with Gasteiger partial charge in [-0.25, -0.2) is 4.68 Å². The zero-order valence-corrected chi connectivity index (χ0v) is 14.0. The maximum atomic E-state index is 12.6. The van der Waals surface area contributed by atoms with Gasteiger partial charge in [0.05, 0.1) is 11.3 Å². The van der Waals surface area contributed by atoms with Crippen molar-refractivity contribution in [1.82, 2.24) is 14.7 Å². The molecule has 0 amide bonds. The van der Waals surface area contributed by atoms with E-state index in [1.165, 1.54) is 4.68 Å². The van der Waals surface area contributed by atoms with E-state index in [0.29, 0.717) is 6.54 Å². The molecule has 0 atom stereocenters. The Balaban J connectivity index is 1.53. The number of hydrogen-bond acceptors (Lipinski definition) is 3. The van der Waals surface area contributed by atoms with E-state index in [4.69, 9.17) is 0 Å². The predicted molar refractivity (Wildman–Crippen MR) is 88.2 cm³/mol. The minimum atomic E-state index is -4.29. The first-order chi connectivity index (χ1) is 11.8. The number of nitrogens with zero attached hydrogens (tertiary/aromatic N) is 3. The number of rotatable bonds is 4. The van der Waals surface area contributed by atoms with E-state index < -0.39 is 11.7 Å². The van der Waals surface area contributed by atoms with Gasteiger partial charge in [-0.1, -0.05) is 12.1 Å². The van der Waals surface area contributed by atoms with Crippen LogP contribution in [0.5, 0.6) is 0 Å². The summed E-state index contributed by atoms with van der Waals surface area (Å²) >= 11 is 0. The molecule has 0 saturated carbocycles. The second-order valence-corrected chi connectivity index (χ2v) is 6.40. The van der Waals surface area contributed by atoms with Crippen molar-refractivity contribution in [2.24, 2.45) is 7.05 Å². The predicted octanol–water partition coefficient (Wildman–Crippen LogP) is 2.79. The average molecular weight is 351 g/mol. The minimum Gasteiger partial charge on any atom is -0.299 e. The van der Waals surface area contributed by atoms with Crippen LogP contribution in [0.2, 0.25) is 0 Å². The maximum Gasteiger partial charge on any atom is 0.416 e. The van der Waals surface area contributed by atoms with Crippen LogP contribution in [-0.4, -0.2) is 27.8 Å². The lowest BCUT2D eigenvalue weighted by Gasteiger charge is -2.28. The van der Waals surface area contributed by atoms with Crippen LogP contribution in [0.15, 0.2) is 35.1 Å². The fourth-order valence-corrected chi connectivity index (χ4v) is 3.11. The van der Waals surface area contributed by atoms with Gasteiger partial charge in [0.1, 0.15) is 0 Å². The van der Waals surface area contributed by atoms with E-state index in [0.717, 1.165) is 61.3 Å². The lowest BCUT2D eigenvalue weighted by molar-refractivity contribution is -0.137. The third kappa shape index (κ3) is 4.28. The summed E-state index contributed by atoms with van der Waals surface area (Å²) in [6.07, 6.45) is -1.89. The molecule has 0 fully saturated rings. The quantitative estimate of drug-likeness (QED) is 0.850. The molecule has 7 heteroatoms. The molecule has 134 valence electrons. The highest BCUT2D eigenvalue weighted by Crippen LogP contribution is 2.29. The molecule has 3 rings (SSSR count). The molecular formula is C18H20F3N3O. The van der Waals surface area contributed by atoms with Crippen LogP contribution in [0.25, 0.3) is 0 Å². The molecule has 1 aliphatic rings. The van der Waals surface area contributed by atoms with Crippen molar-refractivity contribution in [2.75, 3.05) is 13.1 Å². The van der Waals surface area contributed by atoms with E-state index in [1.54, 1.807) is 25.2 Å². The van der Waals surface area contributed by atoms with Crippen LogP contribution in [-0.2, 0) is 32.6 Å². The largest absolute Gasteiger partial charge is 0.416 e. The number of benzene rings is 1. The molecule has 0 spiro atoms. The zero-order valence-electron chi connectivity index (χ0n) is 14.0. The summed E-state index contributed by atoms with van der Waals surface area (Å²) < 4.78 is 39.0. The first-order valence-electron chi connectivity index (χ1n) is 8.27. The standard InChI is InChI=1S/C18H20F3N3O/c1-23-17(25)11-14-12-24(10-8-16(14)22-23)9-2-3-13-4-6-15(7-5-13)18(19,20)21/h4-7,11H,2-3,8-10,12H2,1H3. The molecular weight excluding hydrogens is 331 g/mol. The molecule has 0 radical (unpaired) electrons. The van der Waals surface area contributed by atoms with Crippen molar-refractivity contribution in [2.45, 2.75) is 32.0 Å². The van der Waals surface area contributed by atoms with E-state index in [9.17, 15) is 18.0 Å². The van der Waals surface area contributed by atoms with Gasteiger partial charge in [-0.3, -0.25) is 9.69 Å². The van der Waals surface area contributed by atoms with Crippen molar-refractivity contribution in [3.8, 4) is 0 Å². The van der Waals surface area contributed by atoms with Crippen molar-refractivity contribution < 1.29 is 13.2 Å². The zero-order chi connectivity index (χ0) is 18.0. The Morgan fingerprint density at radius 1 is 1.20 bits per heavy atom. The fourth-order valence-electron chi connectivity index (χ4n) is 3.11. The molecule has 1 aromatic carbocycles. The lowest BCUT2D eigenvalue weighted by Crippen LogP contribution is -2.35. The summed E-state index contributed by atoms with van der Waals surface area (Å²) in [6, 6.07) is 7.00. The maximum absolute atomic E-state index is 12.6. The van der Waals surface area contributed by atoms with Crippen LogP contribution in [0, 0.1) is 0 Å². The van der Waals surface area contributed by atoms with Gasteiger partial charge in [0.2, 0.25) is 0 Å². The average Bonchev–Trinajstić information content (AvgIpc) is 2.56. The summed E-state index contributed by atoms with van der Waals surface area (Å²) in [5.41, 5.74) is 2.13. The van der Waals surface area contributed by atoms with Crippen molar-refractivity contribution in [1.29, 1.82) is 0 Å². The second kappa shape index (κ2) is 7.00. The van der Waals surface area contributed by atoms with Crippen molar-refractivity contribution >= 4 is 0 Å². The van der Waals surface area contributed by atoms with E-state index >= 15 is 0 Å². The van der Waals surface area contributed by atoms with E-state index in [1.807, 2.05) is 0 Å². The molecule has 2 heterocycles. The van der Waals surface area contributed by atoms with Gasteiger partial charge in [0.15, 0.2) is 0 Å². The van der Waals surface area contributed by atoms with Gasteiger partial charge in [0, 0.05) is 32.6 Å². The molecule has 2 aromatic rings. The van der Waals surface area contributed by atoms with Gasteiger partial charge in [0.25, 0.3) is 5.56 Å².